The molecule has 2 aromatic rings. The molecule has 3 rings (SSSR count). The number of fused-ring (bicyclic) bond motifs is 3. The molecule has 0 saturated heterocycles. The van der Waals surface area contributed by atoms with E-state index in [0.29, 0.717) is 5.92 Å². The molecule has 0 amide bonds. The lowest BCUT2D eigenvalue weighted by Gasteiger charge is -2.15. The number of hydrogen-bond donors (Lipinski definition) is 2. The first-order chi connectivity index (χ1) is 8.24. The van der Waals surface area contributed by atoms with Crippen molar-refractivity contribution in [3.8, 4) is 11.3 Å². The summed E-state index contributed by atoms with van der Waals surface area (Å²) in [5.74, 6) is 0.657. The van der Waals surface area contributed by atoms with Crippen molar-refractivity contribution in [2.45, 2.75) is 26.8 Å². The van der Waals surface area contributed by atoms with Crippen LogP contribution in [0.25, 0.3) is 11.3 Å². The fourth-order valence-corrected chi connectivity index (χ4v) is 2.32. The number of nitrogens with one attached hydrogen (secondary N) is 2. The maximum Gasteiger partial charge on any atom is 0.118 e. The van der Waals surface area contributed by atoms with E-state index in [1.54, 1.807) is 6.20 Å². The number of rotatable bonds is 2. The Hall–Kier alpha value is -1.84. The van der Waals surface area contributed by atoms with Crippen LogP contribution in [0.5, 0.6) is 0 Å². The Morgan fingerprint density at radius 3 is 3.12 bits per heavy atom. The number of aromatic nitrogens is 3. The van der Waals surface area contributed by atoms with E-state index in [0.717, 1.165) is 24.3 Å². The van der Waals surface area contributed by atoms with Gasteiger partial charge in [-0.05, 0) is 24.5 Å². The zero-order valence-corrected chi connectivity index (χ0v) is 10.1. The van der Waals surface area contributed by atoms with Crippen molar-refractivity contribution < 1.29 is 0 Å². The van der Waals surface area contributed by atoms with Gasteiger partial charge >= 0.3 is 0 Å². The van der Waals surface area contributed by atoms with Gasteiger partial charge in [-0.1, -0.05) is 13.8 Å². The van der Waals surface area contributed by atoms with Crippen LogP contribution in [0.4, 0.5) is 5.69 Å². The maximum absolute atomic E-state index is 4.22. The minimum Gasteiger partial charge on any atom is -0.378 e. The van der Waals surface area contributed by atoms with Crippen molar-refractivity contribution in [2.75, 3.05) is 5.32 Å². The first-order valence-electron chi connectivity index (χ1n) is 6.00. The van der Waals surface area contributed by atoms with E-state index in [2.05, 4.69) is 40.4 Å². The summed E-state index contributed by atoms with van der Waals surface area (Å²) in [6.07, 6.45) is 2.79. The minimum atomic E-state index is 0.657. The van der Waals surface area contributed by atoms with Gasteiger partial charge in [0.2, 0.25) is 0 Å². The lowest BCUT2D eigenvalue weighted by molar-refractivity contribution is 0.636. The Balaban J connectivity index is 2.04. The fraction of sp³-hybridized carbons (Fsp3) is 0.385. The van der Waals surface area contributed by atoms with Crippen molar-refractivity contribution in [1.82, 2.24) is 15.2 Å². The highest BCUT2D eigenvalue weighted by molar-refractivity contribution is 5.78. The maximum atomic E-state index is 4.22. The highest BCUT2D eigenvalue weighted by Gasteiger charge is 2.19. The molecule has 4 nitrogen and oxygen atoms in total. The van der Waals surface area contributed by atoms with Crippen LogP contribution in [0.2, 0.25) is 0 Å². The summed E-state index contributed by atoms with van der Waals surface area (Å²) >= 11 is 0. The summed E-state index contributed by atoms with van der Waals surface area (Å²) in [5, 5.41) is 11.5. The molecule has 88 valence electrons. The lowest BCUT2D eigenvalue weighted by Crippen LogP contribution is -2.09. The molecule has 0 spiro atoms. The largest absolute Gasteiger partial charge is 0.378 e. The zero-order chi connectivity index (χ0) is 11.8. The van der Waals surface area contributed by atoms with Gasteiger partial charge in [-0.2, -0.15) is 5.10 Å². The van der Waals surface area contributed by atoms with Crippen LogP contribution in [0.1, 0.15) is 25.2 Å². The quantitative estimate of drug-likeness (QED) is 0.830. The van der Waals surface area contributed by atoms with Gasteiger partial charge in [0.25, 0.3) is 0 Å². The molecule has 0 aromatic carbocycles. The van der Waals surface area contributed by atoms with Gasteiger partial charge in [-0.25, -0.2) is 0 Å². The van der Waals surface area contributed by atoms with E-state index in [-0.39, 0.29) is 0 Å². The first kappa shape index (κ1) is 10.3. The number of anilines is 1. The fourth-order valence-electron chi connectivity index (χ4n) is 2.32. The Labute approximate surface area is 100 Å². The summed E-state index contributed by atoms with van der Waals surface area (Å²) in [7, 11) is 0. The third-order valence-electron chi connectivity index (χ3n) is 3.01. The second-order valence-electron chi connectivity index (χ2n) is 4.93. The van der Waals surface area contributed by atoms with Gasteiger partial charge < -0.3 is 10.3 Å². The van der Waals surface area contributed by atoms with Gasteiger partial charge in [0.1, 0.15) is 5.69 Å². The van der Waals surface area contributed by atoms with E-state index in [1.807, 2.05) is 6.07 Å². The molecule has 0 fully saturated rings. The molecule has 0 unspecified atom stereocenters. The second kappa shape index (κ2) is 3.87. The lowest BCUT2D eigenvalue weighted by atomic mass is 10.1. The molecule has 3 heterocycles. The molecule has 0 aliphatic carbocycles. The van der Waals surface area contributed by atoms with Gasteiger partial charge in [-0.3, -0.25) is 0 Å². The third kappa shape index (κ3) is 1.79. The molecule has 0 atom stereocenters. The van der Waals surface area contributed by atoms with Crippen molar-refractivity contribution in [1.29, 1.82) is 0 Å². The van der Waals surface area contributed by atoms with Crippen molar-refractivity contribution in [3.05, 3.63) is 29.7 Å². The highest BCUT2D eigenvalue weighted by atomic mass is 15.1. The second-order valence-corrected chi connectivity index (χ2v) is 4.93. The van der Waals surface area contributed by atoms with Gasteiger partial charge in [0.15, 0.2) is 0 Å². The molecule has 0 radical (unpaired) electrons. The molecule has 4 heteroatoms. The van der Waals surface area contributed by atoms with Crippen LogP contribution < -0.4 is 5.32 Å². The van der Waals surface area contributed by atoms with Gasteiger partial charge in [0.05, 0.1) is 18.4 Å². The Bertz CT molecular complexity index is 542. The SMILES string of the molecule is CC(C)Cc1cc2c([nH]1)CNc1ccnnc1-2. The van der Waals surface area contributed by atoms with Crippen molar-refractivity contribution in [3.63, 3.8) is 0 Å². The summed E-state index contributed by atoms with van der Waals surface area (Å²) in [6.45, 7) is 5.30. The molecule has 0 saturated carbocycles. The number of aromatic amines is 1. The normalized spacial score (nSPS) is 13.1. The van der Waals surface area contributed by atoms with E-state index in [9.17, 15) is 0 Å². The molecule has 2 aromatic heterocycles. The molecular weight excluding hydrogens is 212 g/mol. The predicted octanol–water partition coefficient (Wildman–Crippen LogP) is 2.60. The summed E-state index contributed by atoms with van der Waals surface area (Å²) in [5.41, 5.74) is 5.73. The van der Waals surface area contributed by atoms with Crippen LogP contribution in [-0.4, -0.2) is 15.2 Å². The monoisotopic (exact) mass is 228 g/mol. The smallest absolute Gasteiger partial charge is 0.118 e. The van der Waals surface area contributed by atoms with E-state index in [1.165, 1.54) is 17.0 Å². The predicted molar refractivity (Wildman–Crippen MR) is 67.7 cm³/mol. The highest BCUT2D eigenvalue weighted by Crippen LogP contribution is 2.33. The first-order valence-corrected chi connectivity index (χ1v) is 6.00. The number of nitrogens with zero attached hydrogens (tertiary/aromatic N) is 2. The third-order valence-corrected chi connectivity index (χ3v) is 3.01. The topological polar surface area (TPSA) is 53.6 Å². The van der Waals surface area contributed by atoms with Crippen molar-refractivity contribution in [2.24, 2.45) is 5.92 Å². The van der Waals surface area contributed by atoms with Crippen molar-refractivity contribution >= 4 is 5.69 Å². The molecule has 1 aliphatic rings. The van der Waals surface area contributed by atoms with Crippen LogP contribution >= 0.6 is 0 Å². The van der Waals surface area contributed by atoms with Crippen LogP contribution in [0.3, 0.4) is 0 Å². The Morgan fingerprint density at radius 2 is 2.29 bits per heavy atom. The molecule has 2 N–H and O–H groups in total. The minimum absolute atomic E-state index is 0.657. The van der Waals surface area contributed by atoms with Crippen LogP contribution in [0, 0.1) is 5.92 Å². The number of hydrogen-bond acceptors (Lipinski definition) is 3. The van der Waals surface area contributed by atoms with E-state index >= 15 is 0 Å². The van der Waals surface area contributed by atoms with Crippen LogP contribution in [-0.2, 0) is 13.0 Å². The zero-order valence-electron chi connectivity index (χ0n) is 10.1. The molecule has 17 heavy (non-hydrogen) atoms. The summed E-state index contributed by atoms with van der Waals surface area (Å²) in [4.78, 5) is 3.48. The van der Waals surface area contributed by atoms with Gasteiger partial charge in [-0.15, -0.1) is 5.10 Å². The number of H-pyrrole nitrogens is 1. The Morgan fingerprint density at radius 1 is 1.41 bits per heavy atom. The molecule has 0 bridgehead atoms. The van der Waals surface area contributed by atoms with E-state index < -0.39 is 0 Å². The Kier molecular flexibility index (Phi) is 2.35. The van der Waals surface area contributed by atoms with Gasteiger partial charge in [0, 0.05) is 17.0 Å². The van der Waals surface area contributed by atoms with E-state index in [4.69, 9.17) is 0 Å². The summed E-state index contributed by atoms with van der Waals surface area (Å²) in [6, 6.07) is 4.18. The molecular formula is C13H16N4. The van der Waals surface area contributed by atoms with Crippen LogP contribution in [0.15, 0.2) is 18.3 Å². The average molecular weight is 228 g/mol. The average Bonchev–Trinajstić information content (AvgIpc) is 2.70. The standard InChI is InChI=1S/C13H16N4/c1-8(2)5-9-6-10-12(16-9)7-14-11-3-4-15-17-13(10)11/h3-4,6,8,14,16H,5,7H2,1-2H3. The summed E-state index contributed by atoms with van der Waals surface area (Å²) < 4.78 is 0. The molecule has 1 aliphatic heterocycles.